The predicted molar refractivity (Wildman–Crippen MR) is 189 cm³/mol. The second-order valence-corrected chi connectivity index (χ2v) is 14.9. The van der Waals surface area contributed by atoms with Crippen molar-refractivity contribution >= 4 is 98.3 Å². The standard InChI is InChI=1S/C29H28Br3N7O4S2/c1-17-8-10-21(11-9-17)45(42,43)36-29-34-15-37(16-35-29)26(28(40)41)38-18(2)22(27(44)39(38)20-6-4-3-5-7-20)14-33-25-23(31)12-19(30)13-24(25)32/h3-14,18,26,33H,15-16H2,1-2H3,(H,40,41)(H2,34,35,36). The Labute approximate surface area is 291 Å². The highest BCUT2D eigenvalue weighted by Gasteiger charge is 2.47. The van der Waals surface area contributed by atoms with Crippen molar-refractivity contribution in [1.82, 2.24) is 19.9 Å². The molecule has 3 aromatic rings. The number of sulfonamides is 1. The maximum absolute atomic E-state index is 13.0. The first kappa shape index (κ1) is 33.5. The minimum Gasteiger partial charge on any atom is -0.479 e. The van der Waals surface area contributed by atoms with Crippen molar-refractivity contribution in [3.8, 4) is 0 Å². The molecule has 2 heterocycles. The van der Waals surface area contributed by atoms with Gasteiger partial charge in [-0.2, -0.15) is 5.01 Å². The fourth-order valence-corrected chi connectivity index (χ4v) is 8.81. The molecular weight excluding hydrogens is 814 g/mol. The summed E-state index contributed by atoms with van der Waals surface area (Å²) in [5.74, 6) is -1.10. The summed E-state index contributed by atoms with van der Waals surface area (Å²) in [6.07, 6.45) is 0.562. The van der Waals surface area contributed by atoms with E-state index >= 15 is 0 Å². The molecule has 0 saturated carbocycles. The second-order valence-electron chi connectivity index (χ2n) is 10.2. The Bertz CT molecular complexity index is 1770. The van der Waals surface area contributed by atoms with Crippen LogP contribution in [-0.4, -0.2) is 65.9 Å². The first-order valence-electron chi connectivity index (χ1n) is 13.5. The highest BCUT2D eigenvalue weighted by atomic mass is 79.9. The summed E-state index contributed by atoms with van der Waals surface area (Å²) < 4.78 is 30.7. The molecular formula is C29H28Br3N7O4S2. The zero-order valence-corrected chi connectivity index (χ0v) is 30.3. The number of carboxylic acids is 1. The molecule has 236 valence electrons. The van der Waals surface area contributed by atoms with Gasteiger partial charge in [-0.15, -0.1) is 0 Å². The molecule has 0 amide bonds. The van der Waals surface area contributed by atoms with E-state index in [1.807, 2.05) is 56.3 Å². The monoisotopic (exact) mass is 839 g/mol. The van der Waals surface area contributed by atoms with Gasteiger partial charge < -0.3 is 15.7 Å². The van der Waals surface area contributed by atoms with Gasteiger partial charge >= 0.3 is 5.97 Å². The number of carboxylic acid groups (broad SMARTS) is 1. The lowest BCUT2D eigenvalue weighted by molar-refractivity contribution is -0.152. The average molecular weight is 842 g/mol. The molecule has 0 bridgehead atoms. The van der Waals surface area contributed by atoms with E-state index in [9.17, 15) is 18.3 Å². The van der Waals surface area contributed by atoms with Gasteiger partial charge in [0.2, 0.25) is 5.96 Å². The maximum Gasteiger partial charge on any atom is 0.337 e. The highest BCUT2D eigenvalue weighted by Crippen LogP contribution is 2.37. The van der Waals surface area contributed by atoms with Crippen LogP contribution in [0.4, 0.5) is 11.4 Å². The van der Waals surface area contributed by atoms with Crippen molar-refractivity contribution in [2.24, 2.45) is 4.99 Å². The molecule has 0 radical (unpaired) electrons. The summed E-state index contributed by atoms with van der Waals surface area (Å²) in [5, 5.41) is 20.2. The summed E-state index contributed by atoms with van der Waals surface area (Å²) in [6, 6.07) is 19.1. The van der Waals surface area contributed by atoms with E-state index in [4.69, 9.17) is 12.2 Å². The number of aryl methyl sites for hydroxylation is 1. The molecule has 0 spiro atoms. The molecule has 1 saturated heterocycles. The molecule has 2 unspecified atom stereocenters. The largest absolute Gasteiger partial charge is 0.479 e. The summed E-state index contributed by atoms with van der Waals surface area (Å²) in [5.41, 5.74) is 3.09. The number of para-hydroxylation sites is 1. The molecule has 0 aromatic heterocycles. The number of aliphatic carboxylic acids is 1. The Morgan fingerprint density at radius 3 is 2.33 bits per heavy atom. The van der Waals surface area contributed by atoms with Crippen LogP contribution in [0.15, 0.2) is 102 Å². The summed E-state index contributed by atoms with van der Waals surface area (Å²) >= 11 is 16.6. The van der Waals surface area contributed by atoms with E-state index < -0.39 is 28.2 Å². The fourth-order valence-electron chi connectivity index (χ4n) is 4.89. The van der Waals surface area contributed by atoms with Crippen molar-refractivity contribution in [3.63, 3.8) is 0 Å². The van der Waals surface area contributed by atoms with Crippen molar-refractivity contribution in [3.05, 3.63) is 97.5 Å². The minimum absolute atomic E-state index is 0.000906. The number of guanidine groups is 1. The van der Waals surface area contributed by atoms with Crippen LogP contribution in [0, 0.1) is 6.92 Å². The van der Waals surface area contributed by atoms with Crippen molar-refractivity contribution in [2.75, 3.05) is 23.7 Å². The number of carbonyl (C=O) groups is 1. The molecule has 3 aromatic carbocycles. The highest BCUT2D eigenvalue weighted by molar-refractivity contribution is 9.11. The Balaban J connectivity index is 1.44. The zero-order chi connectivity index (χ0) is 32.5. The number of nitrogens with one attached hydrogen (secondary N) is 3. The molecule has 5 rings (SSSR count). The van der Waals surface area contributed by atoms with Gasteiger partial charge in [0.1, 0.15) is 4.99 Å². The third kappa shape index (κ3) is 7.26. The van der Waals surface area contributed by atoms with Crippen LogP contribution in [0.25, 0.3) is 0 Å². The molecule has 11 nitrogen and oxygen atoms in total. The molecule has 45 heavy (non-hydrogen) atoms. The van der Waals surface area contributed by atoms with Crippen molar-refractivity contribution in [2.45, 2.75) is 31.0 Å². The lowest BCUT2D eigenvalue weighted by atomic mass is 10.1. The number of hydrogen-bond donors (Lipinski definition) is 4. The lowest BCUT2D eigenvalue weighted by Crippen LogP contribution is -2.63. The smallest absolute Gasteiger partial charge is 0.337 e. The predicted octanol–water partition coefficient (Wildman–Crippen LogP) is 5.60. The molecule has 1 fully saturated rings. The molecule has 2 aliphatic heterocycles. The summed E-state index contributed by atoms with van der Waals surface area (Å²) in [7, 11) is -3.89. The van der Waals surface area contributed by atoms with Gasteiger partial charge in [-0.25, -0.2) is 27.8 Å². The number of benzene rings is 3. The zero-order valence-electron chi connectivity index (χ0n) is 23.9. The Kier molecular flexibility index (Phi) is 10.3. The Morgan fingerprint density at radius 1 is 1.11 bits per heavy atom. The molecule has 2 aliphatic rings. The number of anilines is 2. The number of hydrogen-bond acceptors (Lipinski definition) is 9. The van der Waals surface area contributed by atoms with Gasteiger partial charge in [0, 0.05) is 25.2 Å². The molecule has 16 heteroatoms. The number of aliphatic imine (C=N–C) groups is 1. The summed E-state index contributed by atoms with van der Waals surface area (Å²) in [6.45, 7) is 3.66. The number of thiocarbonyl (C=S) groups is 1. The van der Waals surface area contributed by atoms with Crippen LogP contribution in [0.5, 0.6) is 0 Å². The van der Waals surface area contributed by atoms with Gasteiger partial charge in [0.15, 0.2) is 6.17 Å². The van der Waals surface area contributed by atoms with Crippen LogP contribution in [0.1, 0.15) is 12.5 Å². The quantitative estimate of drug-likeness (QED) is 0.168. The Hall–Kier alpha value is -2.86. The number of rotatable bonds is 8. The van der Waals surface area contributed by atoms with E-state index in [1.165, 1.54) is 12.1 Å². The normalized spacial score (nSPS) is 19.3. The van der Waals surface area contributed by atoms with Crippen molar-refractivity contribution in [1.29, 1.82) is 0 Å². The first-order chi connectivity index (χ1) is 21.4. The van der Waals surface area contributed by atoms with Gasteiger partial charge in [0.05, 0.1) is 35.6 Å². The summed E-state index contributed by atoms with van der Waals surface area (Å²) in [4.78, 5) is 19.4. The van der Waals surface area contributed by atoms with Crippen LogP contribution in [-0.2, 0) is 14.8 Å². The van der Waals surface area contributed by atoms with E-state index in [0.29, 0.717) is 16.2 Å². The van der Waals surface area contributed by atoms with Crippen LogP contribution >= 0.6 is 60.0 Å². The van der Waals surface area contributed by atoms with E-state index in [-0.39, 0.29) is 24.2 Å². The number of hydrazine groups is 1. The Morgan fingerprint density at radius 2 is 1.76 bits per heavy atom. The van der Waals surface area contributed by atoms with E-state index in [1.54, 1.807) is 33.3 Å². The third-order valence-corrected chi connectivity index (χ3v) is 10.6. The fraction of sp³-hybridized carbons (Fsp3) is 0.207. The van der Waals surface area contributed by atoms with Gasteiger partial charge in [0.25, 0.3) is 10.0 Å². The second kappa shape index (κ2) is 13.9. The molecule has 2 atom stereocenters. The van der Waals surface area contributed by atoms with E-state index in [0.717, 1.165) is 24.7 Å². The van der Waals surface area contributed by atoms with Gasteiger partial charge in [-0.05, 0) is 82.1 Å². The van der Waals surface area contributed by atoms with Crippen molar-refractivity contribution < 1.29 is 18.3 Å². The maximum atomic E-state index is 13.0. The SMILES string of the molecule is Cc1ccc(S(=O)(=O)NC2=NCN(C(C(=O)O)N3C(C)C(=CNc4c(Br)cc(Br)cc4Br)C(=S)N3c3ccccc3)CN2)cc1. The van der Waals surface area contributed by atoms with Gasteiger partial charge in [-0.3, -0.25) is 5.01 Å². The van der Waals surface area contributed by atoms with Crippen LogP contribution < -0.4 is 20.4 Å². The van der Waals surface area contributed by atoms with Gasteiger partial charge in [-0.1, -0.05) is 64.0 Å². The van der Waals surface area contributed by atoms with Crippen LogP contribution in [0.3, 0.4) is 0 Å². The van der Waals surface area contributed by atoms with E-state index in [2.05, 4.69) is 68.1 Å². The first-order valence-corrected chi connectivity index (χ1v) is 17.8. The van der Waals surface area contributed by atoms with Crippen LogP contribution in [0.2, 0.25) is 0 Å². The lowest BCUT2D eigenvalue weighted by Gasteiger charge is -2.41. The minimum atomic E-state index is -3.89. The average Bonchev–Trinajstić information content (AvgIpc) is 3.22. The molecule has 0 aliphatic carbocycles. The number of nitrogens with zero attached hydrogens (tertiary/aromatic N) is 4. The number of halogens is 3. The topological polar surface area (TPSA) is 130 Å². The third-order valence-electron chi connectivity index (χ3n) is 7.14. The molecule has 4 N–H and O–H groups in total.